The van der Waals surface area contributed by atoms with Crippen LogP contribution in [0.2, 0.25) is 0 Å². The van der Waals surface area contributed by atoms with Gasteiger partial charge in [0.1, 0.15) is 12.4 Å². The van der Waals surface area contributed by atoms with E-state index in [9.17, 15) is 19.5 Å². The molecule has 2 rings (SSSR count). The molecule has 0 saturated heterocycles. The topological polar surface area (TPSA) is 80.7 Å². The van der Waals surface area contributed by atoms with Crippen molar-refractivity contribution >= 4 is 18.5 Å². The average Bonchev–Trinajstić information content (AvgIpc) is 2.63. The van der Waals surface area contributed by atoms with E-state index in [4.69, 9.17) is 4.74 Å². The Balaban J connectivity index is 2.41. The Morgan fingerprint density at radius 2 is 1.82 bits per heavy atom. The van der Waals surface area contributed by atoms with E-state index < -0.39 is 23.1 Å². The van der Waals surface area contributed by atoms with Crippen molar-refractivity contribution in [3.05, 3.63) is 48.1 Å². The van der Waals surface area contributed by atoms with E-state index in [1.165, 1.54) is 12.2 Å². The third kappa shape index (κ3) is 3.81. The van der Waals surface area contributed by atoms with E-state index in [-0.39, 0.29) is 16.9 Å². The summed E-state index contributed by atoms with van der Waals surface area (Å²) in [5.74, 6) is -0.833. The lowest BCUT2D eigenvalue weighted by Crippen LogP contribution is -2.64. The van der Waals surface area contributed by atoms with Crippen LogP contribution in [0.5, 0.6) is 0 Å². The van der Waals surface area contributed by atoms with Gasteiger partial charge < -0.3 is 9.84 Å². The van der Waals surface area contributed by atoms with Gasteiger partial charge in [-0.25, -0.2) is 4.79 Å². The van der Waals surface area contributed by atoms with Gasteiger partial charge in [-0.05, 0) is 31.3 Å². The van der Waals surface area contributed by atoms with Gasteiger partial charge in [-0.2, -0.15) is 0 Å². The Morgan fingerprint density at radius 1 is 1.14 bits per heavy atom. The van der Waals surface area contributed by atoms with E-state index in [1.54, 1.807) is 18.2 Å². The minimum absolute atomic E-state index is 0.0336. The molecular weight excluding hydrogens is 356 g/mol. The van der Waals surface area contributed by atoms with Crippen LogP contribution in [-0.4, -0.2) is 35.4 Å². The highest BCUT2D eigenvalue weighted by atomic mass is 16.5. The summed E-state index contributed by atoms with van der Waals surface area (Å²) in [5, 5.41) is 11.2. The second-order valence-electron chi connectivity index (χ2n) is 8.53. The van der Waals surface area contributed by atoms with Crippen molar-refractivity contribution < 1.29 is 24.2 Å². The minimum Gasteiger partial charge on any atom is -0.455 e. The molecule has 0 radical (unpaired) electrons. The fraction of sp³-hybridized carbons (Fsp3) is 0.522. The number of carbonyl (C=O) groups is 3. The number of esters is 1. The molecule has 0 bridgehead atoms. The molecule has 2 aliphatic rings. The standard InChI is InChI=1S/C23H30O5/c1-5-6-7-8-9-11-19(26)28-18-14-17(15-24)23(27,16-25)22(4)13-10-12-21(2,3)20(18)22/h5-9,11,14-16,18,20,27H,10,12-13H2,1-4H3/b6-5+,8-7+,11-9+/t18-,20-,22-,23+/m1/s1. The number of ether oxygens (including phenoxy) is 1. The van der Waals surface area contributed by atoms with E-state index in [0.29, 0.717) is 19.0 Å². The summed E-state index contributed by atoms with van der Waals surface area (Å²) in [7, 11) is 0. The fourth-order valence-corrected chi connectivity index (χ4v) is 5.03. The summed E-state index contributed by atoms with van der Waals surface area (Å²) in [6.07, 6.45) is 14.1. The number of hydrogen-bond acceptors (Lipinski definition) is 5. The molecule has 0 spiro atoms. The first-order chi connectivity index (χ1) is 13.2. The van der Waals surface area contributed by atoms with Gasteiger partial charge in [0.05, 0.1) is 0 Å². The molecule has 0 heterocycles. The lowest BCUT2D eigenvalue weighted by molar-refractivity contribution is -0.184. The van der Waals surface area contributed by atoms with Crippen molar-refractivity contribution in [3.63, 3.8) is 0 Å². The summed E-state index contributed by atoms with van der Waals surface area (Å²) in [4.78, 5) is 35.9. The number of allylic oxidation sites excluding steroid dienone is 5. The van der Waals surface area contributed by atoms with E-state index in [2.05, 4.69) is 13.8 Å². The molecule has 1 fully saturated rings. The molecule has 4 atom stereocenters. The average molecular weight is 386 g/mol. The Hall–Kier alpha value is -2.27. The molecule has 2 aliphatic carbocycles. The zero-order chi connectivity index (χ0) is 21.0. The molecular formula is C23H30O5. The van der Waals surface area contributed by atoms with E-state index >= 15 is 0 Å². The molecule has 0 aromatic rings. The Morgan fingerprint density at radius 3 is 2.43 bits per heavy atom. The Bertz CT molecular complexity index is 742. The number of rotatable bonds is 6. The van der Waals surface area contributed by atoms with Crippen molar-refractivity contribution in [1.29, 1.82) is 0 Å². The van der Waals surface area contributed by atoms with Gasteiger partial charge in [-0.3, -0.25) is 9.59 Å². The number of fused-ring (bicyclic) bond motifs is 1. The highest BCUT2D eigenvalue weighted by molar-refractivity contribution is 5.89. The van der Waals surface area contributed by atoms with Crippen LogP contribution in [0.1, 0.15) is 47.0 Å². The number of aliphatic hydroxyl groups is 1. The summed E-state index contributed by atoms with van der Waals surface area (Å²) < 4.78 is 5.70. The Kier molecular flexibility index (Phi) is 6.60. The van der Waals surface area contributed by atoms with E-state index in [1.807, 2.05) is 26.0 Å². The second kappa shape index (κ2) is 8.39. The quantitative estimate of drug-likeness (QED) is 0.327. The van der Waals surface area contributed by atoms with Crippen LogP contribution in [-0.2, 0) is 19.1 Å². The normalized spacial score (nSPS) is 35.0. The first kappa shape index (κ1) is 22.0. The summed E-state index contributed by atoms with van der Waals surface area (Å²) >= 11 is 0. The predicted molar refractivity (Wildman–Crippen MR) is 107 cm³/mol. The van der Waals surface area contributed by atoms with Crippen LogP contribution >= 0.6 is 0 Å². The molecule has 5 heteroatoms. The maximum atomic E-state index is 12.3. The monoisotopic (exact) mass is 386 g/mol. The predicted octanol–water partition coefficient (Wildman–Crippen LogP) is 3.49. The minimum atomic E-state index is -1.88. The smallest absolute Gasteiger partial charge is 0.331 e. The van der Waals surface area contributed by atoms with E-state index in [0.717, 1.165) is 12.8 Å². The largest absolute Gasteiger partial charge is 0.455 e. The summed E-state index contributed by atoms with van der Waals surface area (Å²) in [5.41, 5.74) is -3.10. The number of carbonyl (C=O) groups excluding carboxylic acids is 3. The molecule has 5 nitrogen and oxygen atoms in total. The summed E-state index contributed by atoms with van der Waals surface area (Å²) in [6.45, 7) is 7.82. The highest BCUT2D eigenvalue weighted by Gasteiger charge is 2.64. The van der Waals surface area contributed by atoms with Gasteiger partial charge in [-0.15, -0.1) is 0 Å². The van der Waals surface area contributed by atoms with Gasteiger partial charge in [0.2, 0.25) is 0 Å². The van der Waals surface area contributed by atoms with Crippen molar-refractivity contribution in [1.82, 2.24) is 0 Å². The van der Waals surface area contributed by atoms with Gasteiger partial charge in [-0.1, -0.05) is 57.6 Å². The molecule has 1 N–H and O–H groups in total. The zero-order valence-electron chi connectivity index (χ0n) is 17.1. The third-order valence-corrected chi connectivity index (χ3v) is 6.34. The second-order valence-corrected chi connectivity index (χ2v) is 8.53. The van der Waals surface area contributed by atoms with Crippen LogP contribution in [0.3, 0.4) is 0 Å². The molecule has 0 unspecified atom stereocenters. The van der Waals surface area contributed by atoms with Gasteiger partial charge in [0.15, 0.2) is 11.9 Å². The lowest BCUT2D eigenvalue weighted by Gasteiger charge is -2.59. The number of hydrogen-bond donors (Lipinski definition) is 1. The van der Waals surface area contributed by atoms with Gasteiger partial charge in [0.25, 0.3) is 0 Å². The lowest BCUT2D eigenvalue weighted by atomic mass is 9.46. The highest BCUT2D eigenvalue weighted by Crippen LogP contribution is 2.60. The van der Waals surface area contributed by atoms with Crippen molar-refractivity contribution in [2.24, 2.45) is 16.7 Å². The van der Waals surface area contributed by atoms with Crippen LogP contribution in [0, 0.1) is 16.7 Å². The molecule has 152 valence electrons. The van der Waals surface area contributed by atoms with Crippen LogP contribution in [0.4, 0.5) is 0 Å². The van der Waals surface area contributed by atoms with Gasteiger partial charge in [0, 0.05) is 23.0 Å². The van der Waals surface area contributed by atoms with Crippen molar-refractivity contribution in [3.8, 4) is 0 Å². The SMILES string of the molecule is C/C=C/C=C/C=C/C(=O)O[C@@H]1C=C(C=O)[C@@](O)(C=O)[C@]2(C)CCCC(C)(C)[C@@H]12. The Labute approximate surface area is 166 Å². The van der Waals surface area contributed by atoms with Crippen LogP contribution < -0.4 is 0 Å². The number of aldehydes is 2. The zero-order valence-corrected chi connectivity index (χ0v) is 17.1. The maximum absolute atomic E-state index is 12.3. The molecule has 1 saturated carbocycles. The molecule has 0 amide bonds. The first-order valence-electron chi connectivity index (χ1n) is 9.69. The van der Waals surface area contributed by atoms with Crippen molar-refractivity contribution in [2.75, 3.05) is 0 Å². The third-order valence-electron chi connectivity index (χ3n) is 6.34. The molecule has 0 aromatic heterocycles. The van der Waals surface area contributed by atoms with Gasteiger partial charge >= 0.3 is 5.97 Å². The molecule has 0 aliphatic heterocycles. The van der Waals surface area contributed by atoms with Crippen LogP contribution in [0.15, 0.2) is 48.1 Å². The fourth-order valence-electron chi connectivity index (χ4n) is 5.03. The maximum Gasteiger partial charge on any atom is 0.331 e. The molecule has 0 aromatic carbocycles. The van der Waals surface area contributed by atoms with Crippen LogP contribution in [0.25, 0.3) is 0 Å². The molecule has 28 heavy (non-hydrogen) atoms. The van der Waals surface area contributed by atoms with Crippen molar-refractivity contribution in [2.45, 2.75) is 58.7 Å². The first-order valence-corrected chi connectivity index (χ1v) is 9.69. The summed E-state index contributed by atoms with van der Waals surface area (Å²) in [6, 6.07) is 0.